The Labute approximate surface area is 154 Å². The first-order valence-corrected chi connectivity index (χ1v) is 9.34. The van der Waals surface area contributed by atoms with Crippen LogP contribution in [0.25, 0.3) is 0 Å². The molecular weight excluding hydrogens is 338 g/mol. The largest absolute Gasteiger partial charge is 0.462 e. The summed E-state index contributed by atoms with van der Waals surface area (Å²) in [6, 6.07) is 7.93. The number of thioether (sulfide) groups is 1. The summed E-state index contributed by atoms with van der Waals surface area (Å²) in [7, 11) is 0. The highest BCUT2D eigenvalue weighted by molar-refractivity contribution is 7.99. The van der Waals surface area contributed by atoms with Crippen molar-refractivity contribution in [1.82, 2.24) is 4.90 Å². The van der Waals surface area contributed by atoms with Crippen LogP contribution in [0.15, 0.2) is 41.8 Å². The molecule has 0 saturated carbocycles. The molecule has 0 spiro atoms. The molecule has 1 aliphatic rings. The SMILES string of the molecule is C=CC(=O)OCCSc1ccc(C=O)cc1.CC(C)N1CCOCC1. The van der Waals surface area contributed by atoms with Crippen molar-refractivity contribution in [2.24, 2.45) is 0 Å². The summed E-state index contributed by atoms with van der Waals surface area (Å²) in [5.74, 6) is 0.275. The van der Waals surface area contributed by atoms with E-state index in [4.69, 9.17) is 9.47 Å². The molecule has 0 unspecified atom stereocenters. The first-order chi connectivity index (χ1) is 12.1. The third kappa shape index (κ3) is 9.43. The molecule has 0 N–H and O–H groups in total. The molecule has 25 heavy (non-hydrogen) atoms. The van der Waals surface area contributed by atoms with Crippen LogP contribution in [0.1, 0.15) is 24.2 Å². The smallest absolute Gasteiger partial charge is 0.330 e. The van der Waals surface area contributed by atoms with Crippen molar-refractivity contribution in [2.75, 3.05) is 38.7 Å². The second-order valence-corrected chi connectivity index (χ2v) is 6.82. The van der Waals surface area contributed by atoms with Crippen molar-refractivity contribution in [3.8, 4) is 0 Å². The number of morpholine rings is 1. The number of rotatable bonds is 7. The maximum absolute atomic E-state index is 10.7. The zero-order chi connectivity index (χ0) is 18.5. The molecule has 0 bridgehead atoms. The fourth-order valence-corrected chi connectivity index (χ4v) is 2.83. The van der Waals surface area contributed by atoms with Gasteiger partial charge in [-0.1, -0.05) is 18.7 Å². The van der Waals surface area contributed by atoms with Gasteiger partial charge in [0.15, 0.2) is 0 Å². The number of hydrogen-bond donors (Lipinski definition) is 0. The number of aldehydes is 1. The van der Waals surface area contributed by atoms with Crippen LogP contribution in [-0.2, 0) is 14.3 Å². The normalized spacial score (nSPS) is 14.4. The molecule has 0 aromatic heterocycles. The standard InChI is InChI=1S/C12H12O3S.C7H15NO/c1-2-12(14)15-7-8-16-11-5-3-10(9-13)4-6-11;1-7(2)8-3-5-9-6-4-8/h2-6,9H,1,7-8H2;7H,3-6H2,1-2H3. The number of carbonyl (C=O) groups is 2. The predicted molar refractivity (Wildman–Crippen MR) is 101 cm³/mol. The van der Waals surface area contributed by atoms with E-state index >= 15 is 0 Å². The number of benzene rings is 1. The van der Waals surface area contributed by atoms with Gasteiger partial charge in [-0.15, -0.1) is 11.8 Å². The lowest BCUT2D eigenvalue weighted by Gasteiger charge is -2.29. The summed E-state index contributed by atoms with van der Waals surface area (Å²) < 4.78 is 10.0. The van der Waals surface area contributed by atoms with Crippen molar-refractivity contribution in [1.29, 1.82) is 0 Å². The minimum atomic E-state index is -0.406. The van der Waals surface area contributed by atoms with Crippen LogP contribution in [0.4, 0.5) is 0 Å². The van der Waals surface area contributed by atoms with Crippen LogP contribution in [0.3, 0.4) is 0 Å². The Morgan fingerprint density at radius 3 is 2.44 bits per heavy atom. The summed E-state index contributed by atoms with van der Waals surface area (Å²) in [6.07, 6.45) is 1.95. The summed E-state index contributed by atoms with van der Waals surface area (Å²) in [5, 5.41) is 0. The van der Waals surface area contributed by atoms with Gasteiger partial charge in [-0.25, -0.2) is 4.79 Å². The molecule has 1 fully saturated rings. The lowest BCUT2D eigenvalue weighted by Crippen LogP contribution is -2.40. The Morgan fingerprint density at radius 2 is 1.96 bits per heavy atom. The van der Waals surface area contributed by atoms with Crippen LogP contribution >= 0.6 is 11.8 Å². The van der Waals surface area contributed by atoms with E-state index in [2.05, 4.69) is 25.3 Å². The van der Waals surface area contributed by atoms with Crippen molar-refractivity contribution < 1.29 is 19.1 Å². The first kappa shape index (κ1) is 21.4. The van der Waals surface area contributed by atoms with E-state index in [1.54, 1.807) is 23.9 Å². The highest BCUT2D eigenvalue weighted by atomic mass is 32.2. The van der Waals surface area contributed by atoms with Gasteiger partial charge in [-0.3, -0.25) is 9.69 Å². The molecule has 1 saturated heterocycles. The van der Waals surface area contributed by atoms with Gasteiger partial charge in [0, 0.05) is 41.4 Å². The zero-order valence-electron chi connectivity index (χ0n) is 15.0. The quantitative estimate of drug-likeness (QED) is 0.243. The van der Waals surface area contributed by atoms with Gasteiger partial charge in [0.1, 0.15) is 12.9 Å². The maximum Gasteiger partial charge on any atom is 0.330 e. The third-order valence-corrected chi connectivity index (χ3v) is 4.53. The third-order valence-electron chi connectivity index (χ3n) is 3.56. The number of ether oxygens (including phenoxy) is 2. The van der Waals surface area contributed by atoms with E-state index in [1.165, 1.54) is 0 Å². The van der Waals surface area contributed by atoms with E-state index in [9.17, 15) is 9.59 Å². The van der Waals surface area contributed by atoms with Gasteiger partial charge >= 0.3 is 5.97 Å². The second-order valence-electron chi connectivity index (χ2n) is 5.65. The first-order valence-electron chi connectivity index (χ1n) is 8.36. The number of nitrogens with zero attached hydrogens (tertiary/aromatic N) is 1. The Kier molecular flexibility index (Phi) is 10.9. The molecule has 1 aliphatic heterocycles. The second kappa shape index (κ2) is 12.7. The zero-order valence-corrected chi connectivity index (χ0v) is 15.8. The Balaban J connectivity index is 0.000000293. The number of carbonyl (C=O) groups excluding carboxylic acids is 2. The van der Waals surface area contributed by atoms with Crippen LogP contribution in [0.2, 0.25) is 0 Å². The topological polar surface area (TPSA) is 55.8 Å². The lowest BCUT2D eigenvalue weighted by atomic mass is 10.2. The summed E-state index contributed by atoms with van der Waals surface area (Å²) >= 11 is 1.56. The van der Waals surface area contributed by atoms with E-state index in [0.717, 1.165) is 43.6 Å². The van der Waals surface area contributed by atoms with Crippen LogP contribution in [0.5, 0.6) is 0 Å². The Bertz CT molecular complexity index is 525. The fraction of sp³-hybridized carbons (Fsp3) is 0.474. The van der Waals surface area contributed by atoms with Gasteiger partial charge < -0.3 is 9.47 Å². The molecule has 0 amide bonds. The molecule has 0 radical (unpaired) electrons. The highest BCUT2D eigenvalue weighted by Gasteiger charge is 2.12. The fourth-order valence-electron chi connectivity index (χ4n) is 2.10. The number of hydrogen-bond acceptors (Lipinski definition) is 6. The van der Waals surface area contributed by atoms with E-state index in [0.29, 0.717) is 24.0 Å². The van der Waals surface area contributed by atoms with Crippen LogP contribution < -0.4 is 0 Å². The predicted octanol–water partition coefficient (Wildman–Crippen LogP) is 3.05. The minimum absolute atomic E-state index is 0.352. The maximum atomic E-state index is 10.7. The lowest BCUT2D eigenvalue weighted by molar-refractivity contribution is -0.137. The van der Waals surface area contributed by atoms with E-state index in [-0.39, 0.29) is 0 Å². The van der Waals surface area contributed by atoms with E-state index in [1.807, 2.05) is 12.1 Å². The summed E-state index contributed by atoms with van der Waals surface area (Å²) in [6.45, 7) is 12.2. The van der Waals surface area contributed by atoms with Gasteiger partial charge in [0.25, 0.3) is 0 Å². The van der Waals surface area contributed by atoms with Crippen LogP contribution in [0, 0.1) is 0 Å². The van der Waals surface area contributed by atoms with Crippen molar-refractivity contribution in [3.63, 3.8) is 0 Å². The average molecular weight is 365 g/mol. The molecule has 0 aliphatic carbocycles. The monoisotopic (exact) mass is 365 g/mol. The molecule has 138 valence electrons. The van der Waals surface area contributed by atoms with Crippen molar-refractivity contribution in [2.45, 2.75) is 24.8 Å². The Morgan fingerprint density at radius 1 is 1.32 bits per heavy atom. The van der Waals surface area contributed by atoms with Crippen molar-refractivity contribution in [3.05, 3.63) is 42.5 Å². The highest BCUT2D eigenvalue weighted by Crippen LogP contribution is 2.17. The molecule has 6 heteroatoms. The summed E-state index contributed by atoms with van der Waals surface area (Å²) in [5.41, 5.74) is 0.655. The molecular formula is C19H27NO4S. The van der Waals surface area contributed by atoms with E-state index < -0.39 is 5.97 Å². The Hall–Kier alpha value is -1.63. The molecule has 0 atom stereocenters. The molecule has 1 aromatic carbocycles. The van der Waals surface area contributed by atoms with Gasteiger partial charge in [0.05, 0.1) is 13.2 Å². The van der Waals surface area contributed by atoms with Gasteiger partial charge in [-0.05, 0) is 26.0 Å². The van der Waals surface area contributed by atoms with Gasteiger partial charge in [-0.2, -0.15) is 0 Å². The minimum Gasteiger partial charge on any atom is -0.462 e. The molecule has 5 nitrogen and oxygen atoms in total. The summed E-state index contributed by atoms with van der Waals surface area (Å²) in [4.78, 5) is 24.6. The molecule has 1 heterocycles. The molecule has 1 aromatic rings. The average Bonchev–Trinajstić information content (AvgIpc) is 2.66. The number of esters is 1. The van der Waals surface area contributed by atoms with Gasteiger partial charge in [0.2, 0.25) is 0 Å². The van der Waals surface area contributed by atoms with Crippen LogP contribution in [-0.4, -0.2) is 61.9 Å². The van der Waals surface area contributed by atoms with Crippen molar-refractivity contribution >= 4 is 24.0 Å². The molecule has 2 rings (SSSR count).